The van der Waals surface area contributed by atoms with Crippen LogP contribution in [0.3, 0.4) is 0 Å². The molecular weight excluding hydrogens is 409 g/mol. The van der Waals surface area contributed by atoms with Crippen molar-refractivity contribution in [2.45, 2.75) is 38.5 Å². The van der Waals surface area contributed by atoms with Crippen LogP contribution in [0.25, 0.3) is 11.3 Å². The minimum absolute atomic E-state index is 0.0704. The topological polar surface area (TPSA) is 75.4 Å². The molecule has 0 radical (unpaired) electrons. The van der Waals surface area contributed by atoms with Crippen molar-refractivity contribution in [1.29, 1.82) is 0 Å². The Morgan fingerprint density at radius 2 is 2.03 bits per heavy atom. The van der Waals surface area contributed by atoms with Crippen molar-refractivity contribution < 1.29 is 13.7 Å². The van der Waals surface area contributed by atoms with E-state index in [-0.39, 0.29) is 17.6 Å². The first-order valence-electron chi connectivity index (χ1n) is 11.1. The number of piperidine rings is 1. The van der Waals surface area contributed by atoms with Gasteiger partial charge in [-0.3, -0.25) is 4.79 Å². The Balaban J connectivity index is 1.36. The molecule has 1 saturated heterocycles. The zero-order valence-corrected chi connectivity index (χ0v) is 18.3. The van der Waals surface area contributed by atoms with E-state index in [9.17, 15) is 9.18 Å². The summed E-state index contributed by atoms with van der Waals surface area (Å²) in [6.45, 7) is 4.20. The Bertz CT molecular complexity index is 1160. The highest BCUT2D eigenvalue weighted by Crippen LogP contribution is 2.31. The number of benzene rings is 1. The summed E-state index contributed by atoms with van der Waals surface area (Å²) in [7, 11) is 2.07. The molecule has 0 saturated carbocycles. The summed E-state index contributed by atoms with van der Waals surface area (Å²) in [4.78, 5) is 26.8. The number of aryl methyl sites for hydroxylation is 1. The number of anilines is 1. The van der Waals surface area contributed by atoms with Crippen molar-refractivity contribution in [1.82, 2.24) is 20.0 Å². The quantitative estimate of drug-likeness (QED) is 0.620. The van der Waals surface area contributed by atoms with Crippen molar-refractivity contribution in [3.05, 3.63) is 59.0 Å². The average molecular weight is 436 g/mol. The van der Waals surface area contributed by atoms with Crippen LogP contribution in [0.4, 0.5) is 10.2 Å². The summed E-state index contributed by atoms with van der Waals surface area (Å²) in [5.41, 5.74) is 2.89. The second-order valence-corrected chi connectivity index (χ2v) is 8.64. The van der Waals surface area contributed by atoms with Gasteiger partial charge in [-0.1, -0.05) is 17.3 Å². The lowest BCUT2D eigenvalue weighted by Gasteiger charge is -2.33. The molecule has 3 aromatic rings. The van der Waals surface area contributed by atoms with E-state index in [0.717, 1.165) is 49.6 Å². The first kappa shape index (κ1) is 20.6. The lowest BCUT2D eigenvalue weighted by Crippen LogP contribution is -2.39. The third kappa shape index (κ3) is 3.74. The first-order chi connectivity index (χ1) is 15.5. The molecule has 1 unspecified atom stereocenters. The Morgan fingerprint density at radius 1 is 1.19 bits per heavy atom. The lowest BCUT2D eigenvalue weighted by molar-refractivity contribution is 0.0662. The number of aromatic nitrogens is 3. The summed E-state index contributed by atoms with van der Waals surface area (Å²) in [5, 5.41) is 3.92. The van der Waals surface area contributed by atoms with Crippen LogP contribution < -0.4 is 4.90 Å². The van der Waals surface area contributed by atoms with Crippen LogP contribution in [-0.4, -0.2) is 52.6 Å². The highest BCUT2D eigenvalue weighted by atomic mass is 19.1. The minimum Gasteiger partial charge on any atom is -0.359 e. The number of fused-ring (bicyclic) bond motifs is 1. The van der Waals surface area contributed by atoms with Crippen LogP contribution in [-0.2, 0) is 6.42 Å². The molecule has 1 atom stereocenters. The Labute approximate surface area is 186 Å². The smallest absolute Gasteiger partial charge is 0.292 e. The molecule has 166 valence electrons. The first-order valence-corrected chi connectivity index (χ1v) is 11.1. The standard InChI is InChI=1S/C24H26FN5O2/c1-15-17-9-6-11-29(2)23(17)27-22(26-15)16-7-5-12-30(14-16)24(31)21-13-20(28-32-21)18-8-3-4-10-19(18)25/h3-4,8,10,13,16H,5-7,9,11-12,14H2,1-2H3. The number of likely N-dealkylation sites (tertiary alicyclic amines) is 1. The van der Waals surface area contributed by atoms with Gasteiger partial charge in [0.05, 0.1) is 0 Å². The van der Waals surface area contributed by atoms with Gasteiger partial charge < -0.3 is 14.3 Å². The molecule has 32 heavy (non-hydrogen) atoms. The summed E-state index contributed by atoms with van der Waals surface area (Å²) in [5.74, 6) is 1.37. The molecule has 1 amide bonds. The molecule has 0 aliphatic carbocycles. The summed E-state index contributed by atoms with van der Waals surface area (Å²) < 4.78 is 19.4. The van der Waals surface area contributed by atoms with Crippen molar-refractivity contribution in [2.24, 2.45) is 0 Å². The molecule has 2 aliphatic rings. The van der Waals surface area contributed by atoms with Crippen LogP contribution >= 0.6 is 0 Å². The van der Waals surface area contributed by atoms with E-state index in [1.165, 1.54) is 17.7 Å². The molecule has 0 spiro atoms. The number of hydrogen-bond donors (Lipinski definition) is 0. The summed E-state index contributed by atoms with van der Waals surface area (Å²) >= 11 is 0. The molecular formula is C24H26FN5O2. The molecule has 2 aliphatic heterocycles. The van der Waals surface area contributed by atoms with Crippen LogP contribution in [0.15, 0.2) is 34.9 Å². The molecule has 5 rings (SSSR count). The zero-order chi connectivity index (χ0) is 22.2. The number of hydrogen-bond acceptors (Lipinski definition) is 6. The Morgan fingerprint density at radius 3 is 2.88 bits per heavy atom. The molecule has 8 heteroatoms. The zero-order valence-electron chi connectivity index (χ0n) is 18.3. The minimum atomic E-state index is -0.400. The molecule has 1 aromatic carbocycles. The fourth-order valence-electron chi connectivity index (χ4n) is 4.69. The number of carbonyl (C=O) groups excluding carboxylic acids is 1. The SMILES string of the molecule is Cc1nc(C2CCCN(C(=O)c3cc(-c4ccccc4F)no3)C2)nc2c1CCCN2C. The van der Waals surface area contributed by atoms with Crippen LogP contribution in [0.2, 0.25) is 0 Å². The van der Waals surface area contributed by atoms with E-state index in [1.54, 1.807) is 23.1 Å². The highest BCUT2D eigenvalue weighted by molar-refractivity contribution is 5.92. The number of rotatable bonds is 3. The molecule has 2 aromatic heterocycles. The van der Waals surface area contributed by atoms with Crippen molar-refractivity contribution >= 4 is 11.7 Å². The molecule has 4 heterocycles. The fraction of sp³-hybridized carbons (Fsp3) is 0.417. The van der Waals surface area contributed by atoms with E-state index in [0.29, 0.717) is 24.3 Å². The van der Waals surface area contributed by atoms with E-state index >= 15 is 0 Å². The van der Waals surface area contributed by atoms with Crippen LogP contribution in [0.5, 0.6) is 0 Å². The molecule has 0 N–H and O–H groups in total. The highest BCUT2D eigenvalue weighted by Gasteiger charge is 2.31. The van der Waals surface area contributed by atoms with Gasteiger partial charge in [-0.25, -0.2) is 14.4 Å². The maximum Gasteiger partial charge on any atom is 0.292 e. The van der Waals surface area contributed by atoms with Gasteiger partial charge in [-0.2, -0.15) is 0 Å². The summed E-state index contributed by atoms with van der Waals surface area (Å²) in [6.07, 6.45) is 3.92. The normalized spacial score (nSPS) is 18.5. The fourth-order valence-corrected chi connectivity index (χ4v) is 4.69. The van der Waals surface area contributed by atoms with Gasteiger partial charge in [-0.05, 0) is 44.7 Å². The lowest BCUT2D eigenvalue weighted by atomic mass is 9.96. The van der Waals surface area contributed by atoms with Gasteiger partial charge in [0, 0.05) is 55.5 Å². The number of amides is 1. The Hall–Kier alpha value is -3.29. The predicted octanol–water partition coefficient (Wildman–Crippen LogP) is 3.98. The van der Waals surface area contributed by atoms with E-state index in [1.807, 2.05) is 6.92 Å². The van der Waals surface area contributed by atoms with E-state index in [2.05, 4.69) is 17.1 Å². The third-order valence-electron chi connectivity index (χ3n) is 6.44. The van der Waals surface area contributed by atoms with Gasteiger partial charge >= 0.3 is 0 Å². The van der Waals surface area contributed by atoms with Gasteiger partial charge in [0.15, 0.2) is 0 Å². The number of halogens is 1. The van der Waals surface area contributed by atoms with Gasteiger partial charge in [0.1, 0.15) is 23.2 Å². The van der Waals surface area contributed by atoms with Crippen molar-refractivity contribution in [3.63, 3.8) is 0 Å². The van der Waals surface area contributed by atoms with E-state index in [4.69, 9.17) is 14.5 Å². The monoisotopic (exact) mass is 435 g/mol. The second-order valence-electron chi connectivity index (χ2n) is 8.64. The van der Waals surface area contributed by atoms with E-state index < -0.39 is 5.82 Å². The maximum absolute atomic E-state index is 14.1. The average Bonchev–Trinajstić information content (AvgIpc) is 3.29. The van der Waals surface area contributed by atoms with Crippen molar-refractivity contribution in [2.75, 3.05) is 31.6 Å². The second kappa shape index (κ2) is 8.33. The van der Waals surface area contributed by atoms with Gasteiger partial charge in [0.2, 0.25) is 5.76 Å². The van der Waals surface area contributed by atoms with Crippen molar-refractivity contribution in [3.8, 4) is 11.3 Å². The number of nitrogens with zero attached hydrogens (tertiary/aromatic N) is 5. The Kier molecular flexibility index (Phi) is 5.36. The summed E-state index contributed by atoms with van der Waals surface area (Å²) in [6, 6.07) is 7.83. The van der Waals surface area contributed by atoms with Crippen LogP contribution in [0.1, 0.15) is 52.8 Å². The molecule has 1 fully saturated rings. The largest absolute Gasteiger partial charge is 0.359 e. The van der Waals surface area contributed by atoms with Crippen LogP contribution in [0, 0.1) is 12.7 Å². The van der Waals surface area contributed by atoms with Gasteiger partial charge in [0.25, 0.3) is 5.91 Å². The molecule has 0 bridgehead atoms. The van der Waals surface area contributed by atoms with Gasteiger partial charge in [-0.15, -0.1) is 0 Å². The maximum atomic E-state index is 14.1. The number of carbonyl (C=O) groups is 1. The predicted molar refractivity (Wildman–Crippen MR) is 118 cm³/mol. The molecule has 7 nitrogen and oxygen atoms in total. The third-order valence-corrected chi connectivity index (χ3v) is 6.44.